The number of nitrogens with zero attached hydrogens (tertiary/aromatic N) is 1. The number of benzene rings is 2. The molecule has 8 heteroatoms. The fraction of sp³-hybridized carbons (Fsp3) is 0.176. The zero-order chi connectivity index (χ0) is 18.2. The fourth-order valence-electron chi connectivity index (χ4n) is 2.05. The van der Waals surface area contributed by atoms with Crippen LogP contribution in [0.25, 0.3) is 0 Å². The summed E-state index contributed by atoms with van der Waals surface area (Å²) in [7, 11) is 0. The summed E-state index contributed by atoms with van der Waals surface area (Å²) in [5.41, 5.74) is 0.783. The Balaban J connectivity index is 1.83. The fourth-order valence-corrected chi connectivity index (χ4v) is 2.90. The Morgan fingerprint density at radius 3 is 2.40 bits per heavy atom. The number of carbonyl (C=O) groups is 2. The minimum atomic E-state index is -0.527. The van der Waals surface area contributed by atoms with Gasteiger partial charge in [-0.2, -0.15) is 0 Å². The van der Waals surface area contributed by atoms with Crippen LogP contribution in [0, 0.1) is 10.1 Å². The number of hydrogen-bond acceptors (Lipinski definition) is 5. The number of nitro groups is 1. The molecule has 0 fully saturated rings. The van der Waals surface area contributed by atoms with Crippen molar-refractivity contribution in [2.24, 2.45) is 0 Å². The molecule has 25 heavy (non-hydrogen) atoms. The number of thioether (sulfide) groups is 1. The Labute approximate surface area is 149 Å². The van der Waals surface area contributed by atoms with Crippen molar-refractivity contribution in [1.29, 1.82) is 0 Å². The average Bonchev–Trinajstić information content (AvgIpc) is 2.56. The van der Waals surface area contributed by atoms with Crippen LogP contribution in [0.1, 0.15) is 13.3 Å². The van der Waals surface area contributed by atoms with Crippen molar-refractivity contribution in [2.75, 3.05) is 16.4 Å². The molecule has 0 aliphatic heterocycles. The molecule has 0 saturated heterocycles. The number of rotatable bonds is 7. The van der Waals surface area contributed by atoms with E-state index in [1.54, 1.807) is 24.3 Å². The van der Waals surface area contributed by atoms with Crippen molar-refractivity contribution < 1.29 is 14.5 Å². The van der Waals surface area contributed by atoms with Crippen LogP contribution in [0.2, 0.25) is 0 Å². The molecule has 2 aromatic rings. The Morgan fingerprint density at radius 2 is 1.76 bits per heavy atom. The quantitative estimate of drug-likeness (QED) is 0.446. The van der Waals surface area contributed by atoms with Crippen molar-refractivity contribution in [3.8, 4) is 0 Å². The molecule has 2 aromatic carbocycles. The Kier molecular flexibility index (Phi) is 6.53. The molecule has 0 radical (unpaired) electrons. The van der Waals surface area contributed by atoms with Crippen LogP contribution in [-0.4, -0.2) is 22.5 Å². The number of nitrogens with one attached hydrogen (secondary N) is 2. The first-order valence-corrected chi connectivity index (χ1v) is 8.48. The maximum Gasteiger partial charge on any atom is 0.292 e. The maximum atomic E-state index is 12.0. The molecule has 0 atom stereocenters. The van der Waals surface area contributed by atoms with Gasteiger partial charge in [0, 0.05) is 35.7 Å². The molecule has 0 unspecified atom stereocenters. The monoisotopic (exact) mass is 359 g/mol. The van der Waals surface area contributed by atoms with Crippen molar-refractivity contribution in [3.05, 3.63) is 58.6 Å². The zero-order valence-electron chi connectivity index (χ0n) is 13.5. The van der Waals surface area contributed by atoms with E-state index in [9.17, 15) is 19.7 Å². The lowest BCUT2D eigenvalue weighted by molar-refractivity contribution is -0.383. The normalized spacial score (nSPS) is 10.1. The van der Waals surface area contributed by atoms with E-state index in [1.165, 1.54) is 30.8 Å². The van der Waals surface area contributed by atoms with Crippen molar-refractivity contribution in [3.63, 3.8) is 0 Å². The van der Waals surface area contributed by atoms with Gasteiger partial charge >= 0.3 is 0 Å². The lowest BCUT2D eigenvalue weighted by Gasteiger charge is -2.06. The number of anilines is 2. The summed E-state index contributed by atoms with van der Waals surface area (Å²) in [5, 5.41) is 16.2. The minimum absolute atomic E-state index is 0.128. The van der Waals surface area contributed by atoms with Gasteiger partial charge in [-0.25, -0.2) is 0 Å². The van der Waals surface area contributed by atoms with E-state index in [0.29, 0.717) is 11.4 Å². The molecular weight excluding hydrogens is 342 g/mol. The first-order valence-electron chi connectivity index (χ1n) is 7.49. The van der Waals surface area contributed by atoms with E-state index < -0.39 is 4.92 Å². The Bertz CT molecular complexity index is 778. The third-order valence-corrected chi connectivity index (χ3v) is 4.16. The third-order valence-electron chi connectivity index (χ3n) is 3.15. The van der Waals surface area contributed by atoms with E-state index >= 15 is 0 Å². The van der Waals surface area contributed by atoms with E-state index in [1.807, 2.05) is 12.1 Å². The predicted molar refractivity (Wildman–Crippen MR) is 97.8 cm³/mol. The first kappa shape index (κ1) is 18.5. The molecule has 0 aliphatic rings. The molecule has 0 aromatic heterocycles. The summed E-state index contributed by atoms with van der Waals surface area (Å²) in [6.45, 7) is 1.44. The molecule has 2 rings (SSSR count). The predicted octanol–water partition coefficient (Wildman–Crippen LogP) is 3.67. The van der Waals surface area contributed by atoms with Crippen molar-refractivity contribution in [1.82, 2.24) is 0 Å². The molecule has 0 aliphatic carbocycles. The number of carbonyl (C=O) groups excluding carboxylic acids is 2. The van der Waals surface area contributed by atoms with Gasteiger partial charge in [0.25, 0.3) is 5.69 Å². The highest BCUT2D eigenvalue weighted by Crippen LogP contribution is 2.24. The zero-order valence-corrected chi connectivity index (χ0v) is 14.3. The molecule has 0 spiro atoms. The lowest BCUT2D eigenvalue weighted by atomic mass is 10.2. The highest BCUT2D eigenvalue weighted by Gasteiger charge is 2.14. The smallest absolute Gasteiger partial charge is 0.292 e. The van der Waals surface area contributed by atoms with Crippen LogP contribution in [0.5, 0.6) is 0 Å². The molecule has 130 valence electrons. The van der Waals surface area contributed by atoms with E-state index in [4.69, 9.17) is 0 Å². The van der Waals surface area contributed by atoms with Gasteiger partial charge in [0.2, 0.25) is 11.8 Å². The molecule has 7 nitrogen and oxygen atoms in total. The highest BCUT2D eigenvalue weighted by atomic mass is 32.2. The van der Waals surface area contributed by atoms with Gasteiger partial charge in [-0.1, -0.05) is 12.1 Å². The topological polar surface area (TPSA) is 101 Å². The van der Waals surface area contributed by atoms with Gasteiger partial charge in [0.1, 0.15) is 5.69 Å². The van der Waals surface area contributed by atoms with Crippen LogP contribution in [0.4, 0.5) is 17.1 Å². The molecule has 0 saturated carbocycles. The second kappa shape index (κ2) is 8.84. The Hall–Kier alpha value is -2.87. The molecule has 0 bridgehead atoms. The summed E-state index contributed by atoms with van der Waals surface area (Å²) in [5.74, 6) is 0.120. The third kappa shape index (κ3) is 5.92. The summed E-state index contributed by atoms with van der Waals surface area (Å²) in [6.07, 6.45) is 0.226. The van der Waals surface area contributed by atoms with Crippen LogP contribution in [0.15, 0.2) is 53.4 Å². The number of nitro benzene ring substituents is 1. The average molecular weight is 359 g/mol. The number of amides is 2. The SMILES string of the molecule is CC(=O)Nc1ccc(SCCC(=O)Nc2ccccc2[N+](=O)[O-])cc1. The second-order valence-electron chi connectivity index (χ2n) is 5.13. The minimum Gasteiger partial charge on any atom is -0.326 e. The molecule has 2 amide bonds. The molecule has 2 N–H and O–H groups in total. The van der Waals surface area contributed by atoms with Gasteiger partial charge < -0.3 is 10.6 Å². The van der Waals surface area contributed by atoms with Crippen LogP contribution in [-0.2, 0) is 9.59 Å². The number of hydrogen-bond donors (Lipinski definition) is 2. The second-order valence-corrected chi connectivity index (χ2v) is 6.29. The summed E-state index contributed by atoms with van der Waals surface area (Å²) < 4.78 is 0. The van der Waals surface area contributed by atoms with Crippen LogP contribution < -0.4 is 10.6 Å². The van der Waals surface area contributed by atoms with E-state index in [-0.39, 0.29) is 29.6 Å². The van der Waals surface area contributed by atoms with Gasteiger partial charge in [-0.15, -0.1) is 11.8 Å². The largest absolute Gasteiger partial charge is 0.326 e. The van der Waals surface area contributed by atoms with Gasteiger partial charge in [-0.05, 0) is 30.3 Å². The van der Waals surface area contributed by atoms with Gasteiger partial charge in [0.15, 0.2) is 0 Å². The van der Waals surface area contributed by atoms with E-state index in [2.05, 4.69) is 10.6 Å². The van der Waals surface area contributed by atoms with Gasteiger partial charge in [0.05, 0.1) is 4.92 Å². The molecular formula is C17H17N3O4S. The summed E-state index contributed by atoms with van der Waals surface area (Å²) >= 11 is 1.49. The summed E-state index contributed by atoms with van der Waals surface area (Å²) in [6, 6.07) is 13.3. The van der Waals surface area contributed by atoms with Gasteiger partial charge in [-0.3, -0.25) is 19.7 Å². The van der Waals surface area contributed by atoms with Crippen LogP contribution >= 0.6 is 11.8 Å². The maximum absolute atomic E-state index is 12.0. The van der Waals surface area contributed by atoms with Crippen LogP contribution in [0.3, 0.4) is 0 Å². The Morgan fingerprint density at radius 1 is 1.08 bits per heavy atom. The first-order chi connectivity index (χ1) is 12.0. The highest BCUT2D eigenvalue weighted by molar-refractivity contribution is 7.99. The van der Waals surface area contributed by atoms with E-state index in [0.717, 1.165) is 4.90 Å². The van der Waals surface area contributed by atoms with Crippen molar-refractivity contribution in [2.45, 2.75) is 18.2 Å². The summed E-state index contributed by atoms with van der Waals surface area (Å²) in [4.78, 5) is 34.3. The van der Waals surface area contributed by atoms with Crippen molar-refractivity contribution >= 4 is 40.6 Å². The standard InChI is InChI=1S/C17H17N3O4S/c1-12(21)18-13-6-8-14(9-7-13)25-11-10-17(22)19-15-4-2-3-5-16(15)20(23)24/h2-9H,10-11H2,1H3,(H,18,21)(H,19,22). The number of para-hydroxylation sites is 2. The lowest BCUT2D eigenvalue weighted by Crippen LogP contribution is -2.13. The molecule has 0 heterocycles.